The molecule has 0 bridgehead atoms. The maximum atomic E-state index is 5.09. The van der Waals surface area contributed by atoms with Crippen LogP contribution in [0.25, 0.3) is 0 Å². The van der Waals surface area contributed by atoms with Gasteiger partial charge in [0.15, 0.2) is 5.96 Å². The van der Waals surface area contributed by atoms with Crippen LogP contribution in [0.3, 0.4) is 0 Å². The highest BCUT2D eigenvalue weighted by Gasteiger charge is 2.04. The fraction of sp³-hybridized carbons (Fsp3) is 0.538. The lowest BCUT2D eigenvalue weighted by molar-refractivity contribution is 0.179. The van der Waals surface area contributed by atoms with E-state index in [2.05, 4.69) is 27.5 Å². The third kappa shape index (κ3) is 7.99. The highest BCUT2D eigenvalue weighted by Crippen LogP contribution is 1.95. The molecule has 1 heterocycles. The number of hydrogen-bond acceptors (Lipinski definition) is 3. The van der Waals surface area contributed by atoms with Crippen molar-refractivity contribution in [3.8, 4) is 0 Å². The molecule has 108 valence electrons. The van der Waals surface area contributed by atoms with Gasteiger partial charge < -0.3 is 15.4 Å². The standard InChI is InChI=1S/C13H22N4O.HI/c1-4-14-13(17-11(2)10-18-3)16-9-12-7-5-6-8-15-12;/h5-8,11H,4,9-10H2,1-3H3,(H2,14,16,17);1H. The molecule has 19 heavy (non-hydrogen) atoms. The van der Waals surface area contributed by atoms with Crippen LogP contribution in [0.2, 0.25) is 0 Å². The lowest BCUT2D eigenvalue weighted by atomic mass is 10.3. The van der Waals surface area contributed by atoms with Crippen molar-refractivity contribution in [1.29, 1.82) is 0 Å². The monoisotopic (exact) mass is 378 g/mol. The smallest absolute Gasteiger partial charge is 0.191 e. The highest BCUT2D eigenvalue weighted by atomic mass is 127. The molecule has 1 unspecified atom stereocenters. The van der Waals surface area contributed by atoms with Gasteiger partial charge in [-0.2, -0.15) is 0 Å². The number of methoxy groups -OCH3 is 1. The van der Waals surface area contributed by atoms with E-state index in [9.17, 15) is 0 Å². The SMILES string of the molecule is CCNC(=NCc1ccccn1)NC(C)COC.I. The van der Waals surface area contributed by atoms with E-state index in [0.29, 0.717) is 13.2 Å². The average molecular weight is 378 g/mol. The number of aromatic nitrogens is 1. The Bertz CT molecular complexity index is 359. The van der Waals surface area contributed by atoms with Gasteiger partial charge >= 0.3 is 0 Å². The van der Waals surface area contributed by atoms with Crippen molar-refractivity contribution in [2.75, 3.05) is 20.3 Å². The summed E-state index contributed by atoms with van der Waals surface area (Å²) in [5, 5.41) is 6.47. The Hall–Kier alpha value is -0.890. The largest absolute Gasteiger partial charge is 0.383 e. The Labute approximate surface area is 132 Å². The van der Waals surface area contributed by atoms with Crippen LogP contribution in [-0.2, 0) is 11.3 Å². The van der Waals surface area contributed by atoms with Crippen LogP contribution in [0, 0.1) is 0 Å². The van der Waals surface area contributed by atoms with E-state index in [-0.39, 0.29) is 30.0 Å². The van der Waals surface area contributed by atoms with Crippen molar-refractivity contribution in [2.24, 2.45) is 4.99 Å². The van der Waals surface area contributed by atoms with Gasteiger partial charge in [-0.25, -0.2) is 4.99 Å². The normalized spacial score (nSPS) is 12.5. The molecule has 1 aromatic rings. The van der Waals surface area contributed by atoms with Gasteiger partial charge in [-0.05, 0) is 26.0 Å². The van der Waals surface area contributed by atoms with E-state index in [1.54, 1.807) is 13.3 Å². The minimum absolute atomic E-state index is 0. The van der Waals surface area contributed by atoms with E-state index in [0.717, 1.165) is 18.2 Å². The molecular weight excluding hydrogens is 355 g/mol. The summed E-state index contributed by atoms with van der Waals surface area (Å²) in [7, 11) is 1.69. The highest BCUT2D eigenvalue weighted by molar-refractivity contribution is 14.0. The van der Waals surface area contributed by atoms with Crippen molar-refractivity contribution in [1.82, 2.24) is 15.6 Å². The third-order valence-corrected chi connectivity index (χ3v) is 2.27. The van der Waals surface area contributed by atoms with Crippen molar-refractivity contribution >= 4 is 29.9 Å². The van der Waals surface area contributed by atoms with E-state index in [1.165, 1.54) is 0 Å². The van der Waals surface area contributed by atoms with Crippen LogP contribution >= 0.6 is 24.0 Å². The molecule has 0 fully saturated rings. The number of rotatable bonds is 6. The topological polar surface area (TPSA) is 58.5 Å². The van der Waals surface area contributed by atoms with Crippen LogP contribution in [0.15, 0.2) is 29.4 Å². The van der Waals surface area contributed by atoms with E-state index in [1.807, 2.05) is 25.1 Å². The summed E-state index contributed by atoms with van der Waals surface area (Å²) in [4.78, 5) is 8.72. The van der Waals surface area contributed by atoms with Crippen molar-refractivity contribution in [2.45, 2.75) is 26.4 Å². The number of guanidine groups is 1. The van der Waals surface area contributed by atoms with Gasteiger partial charge in [0.2, 0.25) is 0 Å². The molecular formula is C13H23IN4O. The van der Waals surface area contributed by atoms with Gasteiger partial charge in [-0.3, -0.25) is 4.98 Å². The molecule has 0 aromatic carbocycles. The van der Waals surface area contributed by atoms with Gasteiger partial charge in [-0.1, -0.05) is 6.07 Å². The molecule has 0 aliphatic rings. The Morgan fingerprint density at radius 1 is 1.47 bits per heavy atom. The molecule has 5 nitrogen and oxygen atoms in total. The van der Waals surface area contributed by atoms with E-state index < -0.39 is 0 Å². The first-order valence-electron chi connectivity index (χ1n) is 6.20. The van der Waals surface area contributed by atoms with Crippen molar-refractivity contribution in [3.05, 3.63) is 30.1 Å². The third-order valence-electron chi connectivity index (χ3n) is 2.27. The zero-order valence-electron chi connectivity index (χ0n) is 11.7. The Kier molecular flexibility index (Phi) is 10.5. The number of nitrogens with one attached hydrogen (secondary N) is 2. The maximum absolute atomic E-state index is 5.09. The first-order chi connectivity index (χ1) is 8.76. The summed E-state index contributed by atoms with van der Waals surface area (Å²) >= 11 is 0. The number of aliphatic imine (C=N–C) groups is 1. The quantitative estimate of drug-likeness (QED) is 0.450. The van der Waals surface area contributed by atoms with Gasteiger partial charge in [0.05, 0.1) is 18.8 Å². The summed E-state index contributed by atoms with van der Waals surface area (Å²) in [5.41, 5.74) is 0.953. The molecule has 0 saturated heterocycles. The Morgan fingerprint density at radius 2 is 2.26 bits per heavy atom. The molecule has 0 saturated carbocycles. The lowest BCUT2D eigenvalue weighted by Crippen LogP contribution is -2.43. The Balaban J connectivity index is 0.00000324. The molecule has 0 amide bonds. The molecule has 1 rings (SSSR count). The van der Waals surface area contributed by atoms with Gasteiger partial charge in [0, 0.05) is 25.9 Å². The molecule has 1 atom stereocenters. The summed E-state index contributed by atoms with van der Waals surface area (Å²) in [6.07, 6.45) is 1.78. The first kappa shape index (κ1) is 18.1. The van der Waals surface area contributed by atoms with E-state index in [4.69, 9.17) is 4.74 Å². The summed E-state index contributed by atoms with van der Waals surface area (Å²) in [5.74, 6) is 0.785. The molecule has 0 aliphatic heterocycles. The van der Waals surface area contributed by atoms with E-state index >= 15 is 0 Å². The number of ether oxygens (including phenoxy) is 1. The fourth-order valence-electron chi connectivity index (χ4n) is 1.50. The molecule has 2 N–H and O–H groups in total. The van der Waals surface area contributed by atoms with Crippen LogP contribution in [0.4, 0.5) is 0 Å². The average Bonchev–Trinajstić information content (AvgIpc) is 2.38. The molecule has 0 radical (unpaired) electrons. The summed E-state index contributed by atoms with van der Waals surface area (Å²) in [6.45, 7) is 6.13. The predicted molar refractivity (Wildman–Crippen MR) is 88.9 cm³/mol. The second-order valence-electron chi connectivity index (χ2n) is 4.02. The van der Waals surface area contributed by atoms with Gasteiger partial charge in [0.25, 0.3) is 0 Å². The minimum Gasteiger partial charge on any atom is -0.383 e. The minimum atomic E-state index is 0. The first-order valence-corrected chi connectivity index (χ1v) is 6.20. The number of halogens is 1. The number of nitrogens with zero attached hydrogens (tertiary/aromatic N) is 2. The van der Waals surface area contributed by atoms with Crippen LogP contribution < -0.4 is 10.6 Å². The van der Waals surface area contributed by atoms with Gasteiger partial charge in [-0.15, -0.1) is 24.0 Å². The molecule has 0 spiro atoms. The summed E-state index contributed by atoms with van der Waals surface area (Å²) < 4.78 is 5.09. The van der Waals surface area contributed by atoms with Crippen molar-refractivity contribution < 1.29 is 4.74 Å². The Morgan fingerprint density at radius 3 is 2.84 bits per heavy atom. The number of pyridine rings is 1. The van der Waals surface area contributed by atoms with Crippen LogP contribution in [0.1, 0.15) is 19.5 Å². The molecule has 0 aliphatic carbocycles. The maximum Gasteiger partial charge on any atom is 0.191 e. The molecule has 6 heteroatoms. The number of hydrogen-bond donors (Lipinski definition) is 2. The zero-order chi connectivity index (χ0) is 13.2. The zero-order valence-corrected chi connectivity index (χ0v) is 14.0. The lowest BCUT2D eigenvalue weighted by Gasteiger charge is -2.16. The second kappa shape index (κ2) is 11.0. The second-order valence-corrected chi connectivity index (χ2v) is 4.02. The molecule has 1 aromatic heterocycles. The fourth-order valence-corrected chi connectivity index (χ4v) is 1.50. The van der Waals surface area contributed by atoms with Crippen LogP contribution in [0.5, 0.6) is 0 Å². The summed E-state index contributed by atoms with van der Waals surface area (Å²) in [6, 6.07) is 6.05. The predicted octanol–water partition coefficient (Wildman–Crippen LogP) is 1.79. The van der Waals surface area contributed by atoms with Crippen molar-refractivity contribution in [3.63, 3.8) is 0 Å². The van der Waals surface area contributed by atoms with Gasteiger partial charge in [0.1, 0.15) is 0 Å². The van der Waals surface area contributed by atoms with Crippen LogP contribution in [-0.4, -0.2) is 37.2 Å².